The number of thiophene rings is 1. The second-order valence-corrected chi connectivity index (χ2v) is 5.30. The predicted molar refractivity (Wildman–Crippen MR) is 73.0 cm³/mol. The molecular formula is C11H9N3O6S. The highest BCUT2D eigenvalue weighted by Crippen LogP contribution is 2.16. The quantitative estimate of drug-likeness (QED) is 0.638. The molecule has 0 amide bonds. The molecule has 0 aliphatic rings. The van der Waals surface area contributed by atoms with Crippen LogP contribution in [0, 0.1) is 10.1 Å². The average Bonchev–Trinajstić information content (AvgIpc) is 2.87. The number of rotatable bonds is 4. The van der Waals surface area contributed by atoms with Crippen LogP contribution in [-0.4, -0.2) is 25.1 Å². The van der Waals surface area contributed by atoms with E-state index in [4.69, 9.17) is 5.11 Å². The SMILES string of the molecule is Cn1cc([N+](=O)[O-])c(=O)n(Cc2ccc(C(=O)O)s2)c1=O. The summed E-state index contributed by atoms with van der Waals surface area (Å²) in [5.41, 5.74) is -2.45. The first-order valence-electron chi connectivity index (χ1n) is 5.58. The fraction of sp³-hybridized carbons (Fsp3) is 0.182. The molecule has 0 aromatic carbocycles. The summed E-state index contributed by atoms with van der Waals surface area (Å²) in [6.45, 7) is -0.217. The monoisotopic (exact) mass is 311 g/mol. The molecule has 110 valence electrons. The van der Waals surface area contributed by atoms with Crippen LogP contribution in [0.3, 0.4) is 0 Å². The van der Waals surface area contributed by atoms with Gasteiger partial charge in [-0.05, 0) is 12.1 Å². The molecule has 1 N–H and O–H groups in total. The third-order valence-electron chi connectivity index (χ3n) is 2.70. The van der Waals surface area contributed by atoms with Crippen molar-refractivity contribution in [2.24, 2.45) is 7.05 Å². The van der Waals surface area contributed by atoms with Crippen molar-refractivity contribution in [3.63, 3.8) is 0 Å². The van der Waals surface area contributed by atoms with Gasteiger partial charge in [-0.25, -0.2) is 14.2 Å². The third-order valence-corrected chi connectivity index (χ3v) is 3.75. The van der Waals surface area contributed by atoms with Crippen LogP contribution in [0.25, 0.3) is 0 Å². The first-order chi connectivity index (χ1) is 9.81. The van der Waals surface area contributed by atoms with Crippen molar-refractivity contribution in [1.29, 1.82) is 0 Å². The largest absolute Gasteiger partial charge is 0.477 e. The van der Waals surface area contributed by atoms with Crippen LogP contribution in [0.2, 0.25) is 0 Å². The number of nitro groups is 1. The van der Waals surface area contributed by atoms with Crippen LogP contribution in [0.4, 0.5) is 5.69 Å². The van der Waals surface area contributed by atoms with E-state index in [0.717, 1.165) is 22.1 Å². The number of hydrogen-bond acceptors (Lipinski definition) is 6. The topological polar surface area (TPSA) is 124 Å². The molecule has 2 aromatic rings. The van der Waals surface area contributed by atoms with Crippen LogP contribution in [-0.2, 0) is 13.6 Å². The molecular weight excluding hydrogens is 302 g/mol. The molecule has 9 nitrogen and oxygen atoms in total. The highest BCUT2D eigenvalue weighted by molar-refractivity contribution is 7.13. The van der Waals surface area contributed by atoms with Crippen molar-refractivity contribution >= 4 is 23.0 Å². The van der Waals surface area contributed by atoms with Gasteiger partial charge in [0.1, 0.15) is 4.88 Å². The molecule has 0 saturated carbocycles. The molecule has 0 aliphatic heterocycles. The molecule has 0 aliphatic carbocycles. The lowest BCUT2D eigenvalue weighted by Gasteiger charge is -2.05. The molecule has 0 unspecified atom stereocenters. The van der Waals surface area contributed by atoms with E-state index in [-0.39, 0.29) is 11.4 Å². The summed E-state index contributed by atoms with van der Waals surface area (Å²) in [7, 11) is 1.29. The van der Waals surface area contributed by atoms with Crippen molar-refractivity contribution in [3.05, 3.63) is 59.0 Å². The van der Waals surface area contributed by atoms with E-state index in [1.165, 1.54) is 19.2 Å². The summed E-state index contributed by atoms with van der Waals surface area (Å²) < 4.78 is 1.64. The summed E-state index contributed by atoms with van der Waals surface area (Å²) in [4.78, 5) is 45.0. The highest BCUT2D eigenvalue weighted by atomic mass is 32.1. The van der Waals surface area contributed by atoms with Crippen molar-refractivity contribution in [2.75, 3.05) is 0 Å². The van der Waals surface area contributed by atoms with Gasteiger partial charge in [-0.15, -0.1) is 11.3 Å². The fourth-order valence-electron chi connectivity index (χ4n) is 1.71. The van der Waals surface area contributed by atoms with Gasteiger partial charge in [0.05, 0.1) is 17.7 Å². The molecule has 0 fully saturated rings. The highest BCUT2D eigenvalue weighted by Gasteiger charge is 2.19. The molecule has 0 radical (unpaired) electrons. The number of hydrogen-bond donors (Lipinski definition) is 1. The summed E-state index contributed by atoms with van der Waals surface area (Å²) in [5.74, 6) is -1.12. The van der Waals surface area contributed by atoms with Crippen LogP contribution in [0.1, 0.15) is 14.5 Å². The molecule has 2 aromatic heterocycles. The summed E-state index contributed by atoms with van der Waals surface area (Å²) in [6.07, 6.45) is 0.859. The molecule has 10 heteroatoms. The Bertz CT molecular complexity index is 846. The molecule has 0 bridgehead atoms. The zero-order chi connectivity index (χ0) is 15.7. The van der Waals surface area contributed by atoms with E-state index >= 15 is 0 Å². The number of carboxylic acid groups (broad SMARTS) is 1. The van der Waals surface area contributed by atoms with Crippen LogP contribution in [0.15, 0.2) is 27.9 Å². The predicted octanol–water partition coefficient (Wildman–Crippen LogP) is 0.263. The molecule has 0 atom stereocenters. The normalized spacial score (nSPS) is 10.5. The lowest BCUT2D eigenvalue weighted by molar-refractivity contribution is -0.387. The summed E-state index contributed by atoms with van der Waals surface area (Å²) in [6, 6.07) is 2.80. The van der Waals surface area contributed by atoms with E-state index in [1.807, 2.05) is 0 Å². The van der Waals surface area contributed by atoms with E-state index in [1.54, 1.807) is 0 Å². The second-order valence-electron chi connectivity index (χ2n) is 4.13. The summed E-state index contributed by atoms with van der Waals surface area (Å²) >= 11 is 0.896. The first kappa shape index (κ1) is 14.7. The van der Waals surface area contributed by atoms with Gasteiger partial charge in [0.15, 0.2) is 0 Å². The van der Waals surface area contributed by atoms with Gasteiger partial charge in [-0.1, -0.05) is 0 Å². The Morgan fingerprint density at radius 2 is 2.10 bits per heavy atom. The Labute approximate surface area is 120 Å². The number of aromatic nitrogens is 2. The Kier molecular flexibility index (Phi) is 3.72. The lowest BCUT2D eigenvalue weighted by atomic mass is 10.4. The zero-order valence-electron chi connectivity index (χ0n) is 10.7. The van der Waals surface area contributed by atoms with Gasteiger partial charge in [0.25, 0.3) is 0 Å². The lowest BCUT2D eigenvalue weighted by Crippen LogP contribution is -2.39. The van der Waals surface area contributed by atoms with Crippen molar-refractivity contribution in [1.82, 2.24) is 9.13 Å². The Morgan fingerprint density at radius 1 is 1.43 bits per heavy atom. The molecule has 0 saturated heterocycles. The van der Waals surface area contributed by atoms with E-state index in [9.17, 15) is 24.5 Å². The Morgan fingerprint density at radius 3 is 2.62 bits per heavy atom. The number of carbonyl (C=O) groups is 1. The number of aromatic carboxylic acids is 1. The van der Waals surface area contributed by atoms with Gasteiger partial charge in [-0.2, -0.15) is 0 Å². The third kappa shape index (κ3) is 2.74. The average molecular weight is 311 g/mol. The maximum atomic E-state index is 11.9. The number of carboxylic acids is 1. The van der Waals surface area contributed by atoms with Crippen molar-refractivity contribution in [3.8, 4) is 0 Å². The smallest absolute Gasteiger partial charge is 0.350 e. The number of aryl methyl sites for hydroxylation is 1. The van der Waals surface area contributed by atoms with Gasteiger partial charge >= 0.3 is 22.9 Å². The minimum absolute atomic E-state index is 0.0558. The van der Waals surface area contributed by atoms with Gasteiger partial charge in [0.2, 0.25) is 0 Å². The van der Waals surface area contributed by atoms with Crippen LogP contribution < -0.4 is 11.2 Å². The van der Waals surface area contributed by atoms with Crippen LogP contribution in [0.5, 0.6) is 0 Å². The van der Waals surface area contributed by atoms with E-state index in [2.05, 4.69) is 0 Å². The van der Waals surface area contributed by atoms with Gasteiger partial charge < -0.3 is 5.11 Å². The first-order valence-corrected chi connectivity index (χ1v) is 6.39. The van der Waals surface area contributed by atoms with Crippen LogP contribution >= 0.6 is 11.3 Å². The second kappa shape index (κ2) is 5.32. The Balaban J connectivity index is 2.53. The van der Waals surface area contributed by atoms with Crippen molar-refractivity contribution in [2.45, 2.75) is 6.54 Å². The molecule has 0 spiro atoms. The van der Waals surface area contributed by atoms with E-state index < -0.39 is 27.8 Å². The molecule has 2 rings (SSSR count). The standard InChI is InChI=1S/C11H9N3O6S/c1-12-5-7(14(19)20)9(15)13(11(12)18)4-6-2-3-8(21-6)10(16)17/h2-3,5H,4H2,1H3,(H,16,17). The van der Waals surface area contributed by atoms with E-state index in [0.29, 0.717) is 9.44 Å². The fourth-order valence-corrected chi connectivity index (χ4v) is 2.54. The van der Waals surface area contributed by atoms with Gasteiger partial charge in [0, 0.05) is 11.9 Å². The summed E-state index contributed by atoms with van der Waals surface area (Å²) in [5, 5.41) is 19.6. The Hall–Kier alpha value is -2.75. The van der Waals surface area contributed by atoms with Crippen molar-refractivity contribution < 1.29 is 14.8 Å². The molecule has 2 heterocycles. The number of nitrogens with zero attached hydrogens (tertiary/aromatic N) is 3. The maximum Gasteiger partial charge on any atom is 0.350 e. The minimum atomic E-state index is -1.12. The van der Waals surface area contributed by atoms with Gasteiger partial charge in [-0.3, -0.25) is 19.5 Å². The molecule has 21 heavy (non-hydrogen) atoms. The minimum Gasteiger partial charge on any atom is -0.477 e. The zero-order valence-corrected chi connectivity index (χ0v) is 11.5. The maximum absolute atomic E-state index is 11.9.